The lowest BCUT2D eigenvalue weighted by Gasteiger charge is -2.01. The number of hydrogen-bond acceptors (Lipinski definition) is 2. The van der Waals surface area contributed by atoms with Gasteiger partial charge in [0.15, 0.2) is 0 Å². The summed E-state index contributed by atoms with van der Waals surface area (Å²) in [6, 6.07) is 1.93. The molecule has 1 aromatic rings. The van der Waals surface area contributed by atoms with Crippen LogP contribution >= 0.6 is 0 Å². The summed E-state index contributed by atoms with van der Waals surface area (Å²) in [7, 11) is 5.54. The Balaban J connectivity index is 2.56. The van der Waals surface area contributed by atoms with Crippen molar-refractivity contribution in [2.45, 2.75) is 13.5 Å². The molecule has 1 aromatic heterocycles. The SMILES string of the molecule is [B]c1cncc(CNCC)c1. The van der Waals surface area contributed by atoms with Gasteiger partial charge in [0.1, 0.15) is 7.85 Å². The fourth-order valence-electron chi connectivity index (χ4n) is 0.874. The van der Waals surface area contributed by atoms with Gasteiger partial charge in [0.05, 0.1) is 0 Å². The van der Waals surface area contributed by atoms with Gasteiger partial charge in [-0.2, -0.15) is 0 Å². The highest BCUT2D eigenvalue weighted by molar-refractivity contribution is 6.32. The Labute approximate surface area is 68.4 Å². The third-order valence-electron chi connectivity index (χ3n) is 1.40. The maximum Gasteiger partial charge on any atom is 0.115 e. The zero-order valence-electron chi connectivity index (χ0n) is 6.67. The smallest absolute Gasteiger partial charge is 0.115 e. The highest BCUT2D eigenvalue weighted by Crippen LogP contribution is 1.91. The van der Waals surface area contributed by atoms with E-state index < -0.39 is 0 Å². The minimum absolute atomic E-state index is 0.723. The lowest BCUT2D eigenvalue weighted by Crippen LogP contribution is -2.14. The normalized spacial score (nSPS) is 9.91. The Morgan fingerprint density at radius 1 is 1.55 bits per heavy atom. The molecular formula is C8H11BN2. The summed E-state index contributed by atoms with van der Waals surface area (Å²) in [5.74, 6) is 0. The van der Waals surface area contributed by atoms with Crippen LogP contribution < -0.4 is 10.8 Å². The summed E-state index contributed by atoms with van der Waals surface area (Å²) in [5, 5.41) is 3.20. The summed E-state index contributed by atoms with van der Waals surface area (Å²) < 4.78 is 0. The fraction of sp³-hybridized carbons (Fsp3) is 0.375. The number of hydrogen-bond donors (Lipinski definition) is 1. The van der Waals surface area contributed by atoms with E-state index in [2.05, 4.69) is 17.2 Å². The molecule has 0 aliphatic carbocycles. The lowest BCUT2D eigenvalue weighted by molar-refractivity contribution is 0.725. The minimum Gasteiger partial charge on any atom is -0.313 e. The van der Waals surface area contributed by atoms with E-state index in [4.69, 9.17) is 7.85 Å². The second-order valence-corrected chi connectivity index (χ2v) is 2.41. The van der Waals surface area contributed by atoms with Crippen molar-refractivity contribution < 1.29 is 0 Å². The molecular weight excluding hydrogens is 135 g/mol. The molecule has 0 aliphatic heterocycles. The number of nitrogens with one attached hydrogen (secondary N) is 1. The van der Waals surface area contributed by atoms with Gasteiger partial charge >= 0.3 is 0 Å². The monoisotopic (exact) mass is 146 g/mol. The maximum atomic E-state index is 5.54. The molecule has 2 radical (unpaired) electrons. The molecule has 11 heavy (non-hydrogen) atoms. The maximum absolute atomic E-state index is 5.54. The Bertz CT molecular complexity index is 225. The first-order chi connectivity index (χ1) is 5.33. The predicted octanol–water partition coefficient (Wildman–Crippen LogP) is -0.0151. The van der Waals surface area contributed by atoms with Gasteiger partial charge < -0.3 is 5.32 Å². The third kappa shape index (κ3) is 2.72. The fourth-order valence-corrected chi connectivity index (χ4v) is 0.874. The molecule has 0 unspecified atom stereocenters. The molecule has 0 saturated heterocycles. The van der Waals surface area contributed by atoms with E-state index in [9.17, 15) is 0 Å². The van der Waals surface area contributed by atoms with Crippen molar-refractivity contribution in [1.82, 2.24) is 10.3 Å². The molecule has 1 rings (SSSR count). The van der Waals surface area contributed by atoms with Crippen LogP contribution in [0.5, 0.6) is 0 Å². The van der Waals surface area contributed by atoms with E-state index in [1.165, 1.54) is 0 Å². The predicted molar refractivity (Wildman–Crippen MR) is 47.0 cm³/mol. The Morgan fingerprint density at radius 2 is 2.36 bits per heavy atom. The largest absolute Gasteiger partial charge is 0.313 e. The number of nitrogens with zero attached hydrogens (tertiary/aromatic N) is 1. The van der Waals surface area contributed by atoms with E-state index in [0.717, 1.165) is 24.1 Å². The Kier molecular flexibility index (Phi) is 3.11. The summed E-state index contributed by atoms with van der Waals surface area (Å²) >= 11 is 0. The molecule has 0 saturated carbocycles. The molecule has 2 nitrogen and oxygen atoms in total. The summed E-state index contributed by atoms with van der Waals surface area (Å²) in [4.78, 5) is 3.97. The molecule has 0 bridgehead atoms. The number of rotatable bonds is 3. The van der Waals surface area contributed by atoms with Crippen LogP contribution in [0.1, 0.15) is 12.5 Å². The second kappa shape index (κ2) is 4.14. The minimum atomic E-state index is 0.723. The molecule has 0 spiro atoms. The summed E-state index contributed by atoms with van der Waals surface area (Å²) in [5.41, 5.74) is 1.85. The first-order valence-corrected chi connectivity index (χ1v) is 3.73. The first kappa shape index (κ1) is 8.27. The van der Waals surface area contributed by atoms with Crippen LogP contribution in [0.15, 0.2) is 18.5 Å². The van der Waals surface area contributed by atoms with Crippen LogP contribution in [0.25, 0.3) is 0 Å². The van der Waals surface area contributed by atoms with Crippen molar-refractivity contribution in [3.8, 4) is 0 Å². The van der Waals surface area contributed by atoms with Crippen LogP contribution in [0.4, 0.5) is 0 Å². The zero-order chi connectivity index (χ0) is 8.10. The highest BCUT2D eigenvalue weighted by Gasteiger charge is 1.90. The van der Waals surface area contributed by atoms with Crippen molar-refractivity contribution in [3.63, 3.8) is 0 Å². The Hall–Kier alpha value is -0.825. The van der Waals surface area contributed by atoms with E-state index in [1.807, 2.05) is 12.3 Å². The summed E-state index contributed by atoms with van der Waals surface area (Å²) in [6.07, 6.45) is 3.47. The van der Waals surface area contributed by atoms with Gasteiger partial charge in [0.2, 0.25) is 0 Å². The van der Waals surface area contributed by atoms with Gasteiger partial charge in [-0.1, -0.05) is 18.5 Å². The molecule has 0 amide bonds. The second-order valence-electron chi connectivity index (χ2n) is 2.41. The van der Waals surface area contributed by atoms with Crippen molar-refractivity contribution in [2.75, 3.05) is 6.54 Å². The van der Waals surface area contributed by atoms with E-state index in [1.54, 1.807) is 6.20 Å². The van der Waals surface area contributed by atoms with E-state index in [-0.39, 0.29) is 0 Å². The number of pyridine rings is 1. The topological polar surface area (TPSA) is 24.9 Å². The average Bonchev–Trinajstić information content (AvgIpc) is 2.01. The van der Waals surface area contributed by atoms with Crippen molar-refractivity contribution >= 4 is 13.3 Å². The molecule has 1 N–H and O–H groups in total. The van der Waals surface area contributed by atoms with Crippen molar-refractivity contribution in [2.24, 2.45) is 0 Å². The van der Waals surface area contributed by atoms with Crippen LogP contribution in [0, 0.1) is 0 Å². The quantitative estimate of drug-likeness (QED) is 0.606. The van der Waals surface area contributed by atoms with Gasteiger partial charge in [-0.05, 0) is 12.1 Å². The molecule has 0 atom stereocenters. The molecule has 56 valence electrons. The highest BCUT2D eigenvalue weighted by atomic mass is 14.8. The van der Waals surface area contributed by atoms with Gasteiger partial charge in [0, 0.05) is 18.9 Å². The average molecular weight is 146 g/mol. The molecule has 0 aromatic carbocycles. The van der Waals surface area contributed by atoms with Crippen LogP contribution in [-0.2, 0) is 6.54 Å². The third-order valence-corrected chi connectivity index (χ3v) is 1.40. The van der Waals surface area contributed by atoms with E-state index in [0.29, 0.717) is 0 Å². The van der Waals surface area contributed by atoms with Crippen LogP contribution in [-0.4, -0.2) is 19.4 Å². The molecule has 0 fully saturated rings. The van der Waals surface area contributed by atoms with E-state index >= 15 is 0 Å². The van der Waals surface area contributed by atoms with Crippen LogP contribution in [0.3, 0.4) is 0 Å². The first-order valence-electron chi connectivity index (χ1n) is 3.73. The van der Waals surface area contributed by atoms with Crippen molar-refractivity contribution in [3.05, 3.63) is 24.0 Å². The Morgan fingerprint density at radius 3 is 3.00 bits per heavy atom. The lowest BCUT2D eigenvalue weighted by atomic mass is 9.97. The molecule has 0 aliphatic rings. The zero-order valence-corrected chi connectivity index (χ0v) is 6.67. The van der Waals surface area contributed by atoms with Crippen molar-refractivity contribution in [1.29, 1.82) is 0 Å². The number of aromatic nitrogens is 1. The van der Waals surface area contributed by atoms with Gasteiger partial charge in [-0.15, -0.1) is 0 Å². The van der Waals surface area contributed by atoms with Gasteiger partial charge in [0.25, 0.3) is 0 Å². The standard InChI is InChI=1S/C8H11BN2/c1-2-10-4-7-3-8(9)6-11-5-7/h3,5-6,10H,2,4H2,1H3. The molecule has 3 heteroatoms. The van der Waals surface area contributed by atoms with Crippen LogP contribution in [0.2, 0.25) is 0 Å². The summed E-state index contributed by atoms with van der Waals surface area (Å²) in [6.45, 7) is 3.88. The van der Waals surface area contributed by atoms with Gasteiger partial charge in [-0.25, -0.2) is 0 Å². The van der Waals surface area contributed by atoms with Gasteiger partial charge in [-0.3, -0.25) is 4.98 Å². The molecule has 1 heterocycles.